The van der Waals surface area contributed by atoms with Gasteiger partial charge in [-0.25, -0.2) is 18.6 Å². The van der Waals surface area contributed by atoms with Crippen LogP contribution in [0.5, 0.6) is 0 Å². The molecule has 0 fully saturated rings. The van der Waals surface area contributed by atoms with E-state index in [2.05, 4.69) is 0 Å². The molecule has 0 N–H and O–H groups in total. The molecule has 0 radical (unpaired) electrons. The average Bonchev–Trinajstić information content (AvgIpc) is 2.12. The van der Waals surface area contributed by atoms with Crippen LogP contribution in [0.25, 0.3) is 0 Å². The topological polar surface area (TPSA) is 92.2 Å². The van der Waals surface area contributed by atoms with Crippen LogP contribution in [0.4, 0.5) is 0 Å². The minimum absolute atomic E-state index is 0.773. The monoisotopic (exact) mass is 224 g/mol. The molecule has 6 heteroatoms. The molecule has 1 aromatic rings. The molecule has 4 nitrogen and oxygen atoms in total. The van der Waals surface area contributed by atoms with Crippen molar-refractivity contribution in [3.63, 3.8) is 0 Å². The summed E-state index contributed by atoms with van der Waals surface area (Å²) in [5.41, 5.74) is 0. The molecular weight excluding hydrogens is 219 g/mol. The van der Waals surface area contributed by atoms with Gasteiger partial charge in [0.05, 0.1) is 6.07 Å². The molecule has 0 bridgehead atoms. The van der Waals surface area contributed by atoms with Gasteiger partial charge in [0.1, 0.15) is 5.02 Å². The fraction of sp³-hybridized carbons (Fsp3) is 0. The maximum atomic E-state index is 8.49. The average molecular weight is 225 g/mol. The lowest BCUT2D eigenvalue weighted by Gasteiger charge is -2.17. The number of halogens is 2. The van der Waals surface area contributed by atoms with Gasteiger partial charge in [0.25, 0.3) is 0 Å². The summed E-state index contributed by atoms with van der Waals surface area (Å²) in [6, 6.07) is 11.4. The molecule has 0 spiro atoms. The zero-order valence-corrected chi connectivity index (χ0v) is 7.86. The molecule has 0 aliphatic rings. The van der Waals surface area contributed by atoms with E-state index in [0.29, 0.717) is 0 Å². The van der Waals surface area contributed by atoms with Gasteiger partial charge in [-0.05, 0) is 11.6 Å². The van der Waals surface area contributed by atoms with Crippen LogP contribution in [-0.2, 0) is 0 Å². The molecule has 0 saturated carbocycles. The second-order valence-corrected chi connectivity index (χ2v) is 3.06. The highest BCUT2D eigenvalue weighted by molar-refractivity contribution is 6.30. The lowest BCUT2D eigenvalue weighted by atomic mass is 10.5. The van der Waals surface area contributed by atoms with E-state index in [-0.39, 0.29) is 0 Å². The van der Waals surface area contributed by atoms with E-state index < -0.39 is 10.2 Å². The van der Waals surface area contributed by atoms with Crippen LogP contribution in [0.3, 0.4) is 0 Å². The molecule has 0 unspecified atom stereocenters. The first-order valence-electron chi connectivity index (χ1n) is 3.05. The van der Waals surface area contributed by atoms with Crippen molar-refractivity contribution in [1.82, 2.24) is 0 Å². The molecule has 1 aromatic carbocycles. The van der Waals surface area contributed by atoms with Crippen LogP contribution in [0.15, 0.2) is 36.4 Å². The van der Waals surface area contributed by atoms with Gasteiger partial charge < -0.3 is 0 Å². The van der Waals surface area contributed by atoms with Crippen molar-refractivity contribution >= 4 is 11.6 Å². The lowest BCUT2D eigenvalue weighted by molar-refractivity contribution is -2.00. The molecule has 0 aromatic heterocycles. The van der Waals surface area contributed by atoms with Crippen LogP contribution in [-0.4, -0.2) is 0 Å². The Bertz CT molecular complexity index is 229. The SMILES string of the molecule is Clc1cccc[cH+]c1.[O-][Cl+3]([O-])([O-])[O-]. The summed E-state index contributed by atoms with van der Waals surface area (Å²) < 4.78 is 34.0. The molecule has 0 amide bonds. The van der Waals surface area contributed by atoms with Crippen molar-refractivity contribution in [1.29, 1.82) is 0 Å². The highest BCUT2D eigenvalue weighted by Crippen LogP contribution is 2.02. The van der Waals surface area contributed by atoms with E-state index >= 15 is 0 Å². The Morgan fingerprint density at radius 3 is 2.23 bits per heavy atom. The quantitative estimate of drug-likeness (QED) is 0.471. The van der Waals surface area contributed by atoms with Gasteiger partial charge in [0.2, 0.25) is 0 Å². The number of hydrogen-bond acceptors (Lipinski definition) is 4. The summed E-state index contributed by atoms with van der Waals surface area (Å²) in [7, 11) is -4.94. The van der Waals surface area contributed by atoms with Crippen LogP contribution in [0.1, 0.15) is 0 Å². The first-order chi connectivity index (χ1) is 5.89. The summed E-state index contributed by atoms with van der Waals surface area (Å²) in [6.45, 7) is 0. The normalized spacial score (nSPS) is 9.92. The van der Waals surface area contributed by atoms with Crippen molar-refractivity contribution in [2.75, 3.05) is 0 Å². The van der Waals surface area contributed by atoms with Gasteiger partial charge in [-0.2, -0.15) is 0 Å². The third-order valence-corrected chi connectivity index (χ3v) is 1.10. The fourth-order valence-electron chi connectivity index (χ4n) is 0.479. The summed E-state index contributed by atoms with van der Waals surface area (Å²) >= 11 is 5.62. The molecule has 0 aliphatic heterocycles. The molecule has 0 aliphatic carbocycles. The molecule has 0 heterocycles. The van der Waals surface area contributed by atoms with Gasteiger partial charge in [-0.3, -0.25) is 0 Å². The molecular formula is C7H6Cl2O4. The third kappa shape index (κ3) is 14.4. The number of rotatable bonds is 0. The maximum absolute atomic E-state index is 8.49. The van der Waals surface area contributed by atoms with Crippen LogP contribution < -0.4 is 18.6 Å². The summed E-state index contributed by atoms with van der Waals surface area (Å²) in [4.78, 5) is 0. The second-order valence-electron chi connectivity index (χ2n) is 1.87. The lowest BCUT2D eigenvalue weighted by Crippen LogP contribution is -2.68. The van der Waals surface area contributed by atoms with Crippen LogP contribution in [0, 0.1) is 10.2 Å². The van der Waals surface area contributed by atoms with Crippen LogP contribution >= 0.6 is 11.6 Å². The Hall–Kier alpha value is -0.490. The third-order valence-electron chi connectivity index (χ3n) is 0.844. The van der Waals surface area contributed by atoms with E-state index in [0.717, 1.165) is 5.02 Å². The maximum Gasteiger partial charge on any atom is 0.133 e. The molecule has 72 valence electrons. The highest BCUT2D eigenvalue weighted by Gasteiger charge is 1.84. The summed E-state index contributed by atoms with van der Waals surface area (Å²) in [6.07, 6.45) is 0. The van der Waals surface area contributed by atoms with E-state index in [1.54, 1.807) is 0 Å². The van der Waals surface area contributed by atoms with E-state index in [4.69, 9.17) is 30.2 Å². The van der Waals surface area contributed by atoms with Gasteiger partial charge >= 0.3 is 0 Å². The number of hydrogen-bond donors (Lipinski definition) is 0. The Kier molecular flexibility index (Phi) is 5.81. The van der Waals surface area contributed by atoms with Gasteiger partial charge in [-0.15, -0.1) is 10.2 Å². The Morgan fingerprint density at radius 2 is 1.69 bits per heavy atom. The van der Waals surface area contributed by atoms with Gasteiger partial charge in [0.15, 0.2) is 0 Å². The Morgan fingerprint density at radius 1 is 1.15 bits per heavy atom. The van der Waals surface area contributed by atoms with Crippen molar-refractivity contribution in [2.45, 2.75) is 0 Å². The first kappa shape index (κ1) is 12.5. The largest absolute Gasteiger partial charge is 0.222 e. The fourth-order valence-corrected chi connectivity index (χ4v) is 0.624. The van der Waals surface area contributed by atoms with Crippen molar-refractivity contribution in [2.24, 2.45) is 0 Å². The Labute approximate surface area is 82.4 Å². The predicted octanol–water partition coefficient (Wildman–Crippen LogP) is -2.13. The van der Waals surface area contributed by atoms with E-state index in [1.165, 1.54) is 0 Å². The molecule has 0 atom stereocenters. The van der Waals surface area contributed by atoms with Gasteiger partial charge in [-0.1, -0.05) is 0 Å². The standard InChI is InChI=1S/C7H6Cl.ClHO4/c8-7-5-3-1-2-4-6-7;2-1(3,4)5/h1-6H;(H,2,3,4,5)/q+1;/p-1. The van der Waals surface area contributed by atoms with E-state index in [9.17, 15) is 0 Å². The van der Waals surface area contributed by atoms with Crippen molar-refractivity contribution < 1.29 is 28.9 Å². The van der Waals surface area contributed by atoms with Crippen molar-refractivity contribution in [3.05, 3.63) is 41.4 Å². The minimum Gasteiger partial charge on any atom is -0.222 e. The molecule has 13 heavy (non-hydrogen) atoms. The zero-order chi connectivity index (χ0) is 10.3. The summed E-state index contributed by atoms with van der Waals surface area (Å²) in [5, 5.41) is 0.773. The van der Waals surface area contributed by atoms with Gasteiger partial charge in [0, 0.05) is 30.3 Å². The van der Waals surface area contributed by atoms with Crippen LogP contribution in [0.2, 0.25) is 5.02 Å². The van der Waals surface area contributed by atoms with Crippen molar-refractivity contribution in [3.8, 4) is 0 Å². The zero-order valence-electron chi connectivity index (χ0n) is 6.35. The first-order valence-corrected chi connectivity index (χ1v) is 4.66. The molecule has 1 rings (SSSR count). The van der Waals surface area contributed by atoms with E-state index in [1.807, 2.05) is 36.4 Å². The summed E-state index contributed by atoms with van der Waals surface area (Å²) in [5.74, 6) is 0. The molecule has 0 saturated heterocycles. The highest BCUT2D eigenvalue weighted by atomic mass is 35.7. The Balaban J connectivity index is 0.000000252. The predicted molar refractivity (Wildman–Crippen MR) is 35.9 cm³/mol. The second kappa shape index (κ2) is 6.04. The smallest absolute Gasteiger partial charge is 0.133 e. The minimum atomic E-state index is -4.94.